The Morgan fingerprint density at radius 1 is 1.40 bits per heavy atom. The maximum Gasteiger partial charge on any atom is 0.417 e. The molecule has 0 aromatic heterocycles. The molecule has 0 aliphatic rings. The Morgan fingerprint density at radius 2 is 2.00 bits per heavy atom. The molecule has 10 heavy (non-hydrogen) atoms. The van der Waals surface area contributed by atoms with Crippen molar-refractivity contribution in [3.8, 4) is 0 Å². The van der Waals surface area contributed by atoms with Crippen molar-refractivity contribution >= 4 is 11.9 Å². The molecule has 0 spiro atoms. The van der Waals surface area contributed by atoms with Crippen LogP contribution in [0.4, 0.5) is 0 Å². The SMILES string of the molecule is O=C(O)C(=O)OCCCO. The molecule has 0 aromatic rings. The number of hydrogen-bond donors (Lipinski definition) is 2. The van der Waals surface area contributed by atoms with Crippen molar-refractivity contribution in [2.75, 3.05) is 13.2 Å². The third-order valence-electron chi connectivity index (χ3n) is 0.710. The lowest BCUT2D eigenvalue weighted by Crippen LogP contribution is -2.17. The van der Waals surface area contributed by atoms with Gasteiger partial charge in [0, 0.05) is 13.0 Å². The van der Waals surface area contributed by atoms with E-state index in [1.165, 1.54) is 0 Å². The molecule has 5 heteroatoms. The number of carboxylic acids is 1. The van der Waals surface area contributed by atoms with Crippen molar-refractivity contribution in [1.82, 2.24) is 0 Å². The molecule has 5 nitrogen and oxygen atoms in total. The molecule has 0 bridgehead atoms. The Bertz CT molecular complexity index is 130. The molecule has 0 fully saturated rings. The van der Waals surface area contributed by atoms with E-state index in [0.717, 1.165) is 0 Å². The van der Waals surface area contributed by atoms with Crippen LogP contribution in [0.1, 0.15) is 6.42 Å². The molecule has 58 valence electrons. The van der Waals surface area contributed by atoms with Crippen molar-refractivity contribution < 1.29 is 24.5 Å². The average Bonchev–Trinajstić information content (AvgIpc) is 1.88. The molecule has 0 unspecified atom stereocenters. The summed E-state index contributed by atoms with van der Waals surface area (Å²) in [5.41, 5.74) is 0. The summed E-state index contributed by atoms with van der Waals surface area (Å²) in [4.78, 5) is 19.9. The molecular formula is C5H8O5. The Kier molecular flexibility index (Phi) is 4.23. The van der Waals surface area contributed by atoms with Crippen LogP contribution in [0.25, 0.3) is 0 Å². The van der Waals surface area contributed by atoms with E-state index in [1.54, 1.807) is 0 Å². The second-order valence-corrected chi connectivity index (χ2v) is 1.52. The van der Waals surface area contributed by atoms with E-state index < -0.39 is 11.9 Å². The van der Waals surface area contributed by atoms with Crippen LogP contribution >= 0.6 is 0 Å². The van der Waals surface area contributed by atoms with E-state index in [0.29, 0.717) is 0 Å². The van der Waals surface area contributed by atoms with Crippen LogP contribution in [-0.2, 0) is 14.3 Å². The van der Waals surface area contributed by atoms with Gasteiger partial charge in [-0.1, -0.05) is 0 Å². The van der Waals surface area contributed by atoms with Crippen molar-refractivity contribution in [1.29, 1.82) is 0 Å². The number of carbonyl (C=O) groups is 2. The lowest BCUT2D eigenvalue weighted by Gasteiger charge is -1.97. The first-order valence-electron chi connectivity index (χ1n) is 2.69. The molecule has 0 aliphatic carbocycles. The number of aliphatic hydroxyl groups is 1. The fourth-order valence-electron chi connectivity index (χ4n) is 0.291. The van der Waals surface area contributed by atoms with Crippen molar-refractivity contribution in [2.24, 2.45) is 0 Å². The largest absolute Gasteiger partial charge is 0.473 e. The first kappa shape index (κ1) is 8.90. The summed E-state index contributed by atoms with van der Waals surface area (Å²) in [6, 6.07) is 0. The van der Waals surface area contributed by atoms with Crippen LogP contribution in [-0.4, -0.2) is 35.4 Å². The zero-order valence-electron chi connectivity index (χ0n) is 5.24. The Hall–Kier alpha value is -1.10. The van der Waals surface area contributed by atoms with Crippen LogP contribution < -0.4 is 0 Å². The molecule has 0 rings (SSSR count). The highest BCUT2D eigenvalue weighted by atomic mass is 16.6. The summed E-state index contributed by atoms with van der Waals surface area (Å²) in [6.45, 7) is -0.172. The van der Waals surface area contributed by atoms with E-state index in [2.05, 4.69) is 4.74 Å². The molecular weight excluding hydrogens is 140 g/mol. The zero-order chi connectivity index (χ0) is 7.98. The minimum atomic E-state index is -1.61. The van der Waals surface area contributed by atoms with E-state index >= 15 is 0 Å². The fraction of sp³-hybridized carbons (Fsp3) is 0.600. The highest BCUT2D eigenvalue weighted by Gasteiger charge is 2.11. The molecule has 0 atom stereocenters. The van der Waals surface area contributed by atoms with Gasteiger partial charge in [-0.2, -0.15) is 0 Å². The fourth-order valence-corrected chi connectivity index (χ4v) is 0.291. The minimum absolute atomic E-state index is 0.0539. The van der Waals surface area contributed by atoms with Gasteiger partial charge in [-0.05, 0) is 0 Å². The Morgan fingerprint density at radius 3 is 2.40 bits per heavy atom. The van der Waals surface area contributed by atoms with Crippen LogP contribution in [0.15, 0.2) is 0 Å². The summed E-state index contributed by atoms with van der Waals surface area (Å²) in [6.07, 6.45) is 0.263. The predicted molar refractivity (Wildman–Crippen MR) is 30.3 cm³/mol. The molecule has 0 saturated carbocycles. The molecule has 0 aromatic carbocycles. The van der Waals surface area contributed by atoms with Gasteiger partial charge in [0.1, 0.15) is 0 Å². The number of aliphatic hydroxyl groups excluding tert-OH is 1. The number of carboxylic acid groups (broad SMARTS) is 1. The van der Waals surface area contributed by atoms with Crippen LogP contribution in [0.5, 0.6) is 0 Å². The van der Waals surface area contributed by atoms with E-state index in [-0.39, 0.29) is 19.6 Å². The van der Waals surface area contributed by atoms with Gasteiger partial charge in [-0.25, -0.2) is 9.59 Å². The standard InChI is InChI=1S/C5H8O5/c6-2-1-3-10-5(9)4(7)8/h6H,1-3H2,(H,7,8). The number of aliphatic carboxylic acids is 1. The number of ether oxygens (including phenoxy) is 1. The van der Waals surface area contributed by atoms with Gasteiger partial charge >= 0.3 is 11.9 Å². The third kappa shape index (κ3) is 3.85. The monoisotopic (exact) mass is 148 g/mol. The van der Waals surface area contributed by atoms with Crippen LogP contribution in [0.2, 0.25) is 0 Å². The summed E-state index contributed by atoms with van der Waals surface area (Å²) < 4.78 is 4.15. The molecule has 2 N–H and O–H groups in total. The van der Waals surface area contributed by atoms with E-state index in [1.807, 2.05) is 0 Å². The Balaban J connectivity index is 3.31. The number of carbonyl (C=O) groups excluding carboxylic acids is 1. The molecule has 0 amide bonds. The maximum absolute atomic E-state index is 10.1. The van der Waals surface area contributed by atoms with Crippen LogP contribution in [0.3, 0.4) is 0 Å². The molecule has 0 radical (unpaired) electrons. The minimum Gasteiger partial charge on any atom is -0.473 e. The highest BCUT2D eigenvalue weighted by Crippen LogP contribution is 1.82. The van der Waals surface area contributed by atoms with Gasteiger partial charge in [0.15, 0.2) is 0 Å². The quantitative estimate of drug-likeness (QED) is 0.304. The van der Waals surface area contributed by atoms with Gasteiger partial charge in [-0.3, -0.25) is 0 Å². The summed E-state index contributed by atoms with van der Waals surface area (Å²) >= 11 is 0. The zero-order valence-corrected chi connectivity index (χ0v) is 5.24. The summed E-state index contributed by atoms with van der Waals surface area (Å²) in [5.74, 6) is -2.90. The van der Waals surface area contributed by atoms with Crippen LogP contribution in [0, 0.1) is 0 Å². The second kappa shape index (κ2) is 4.75. The van der Waals surface area contributed by atoms with Gasteiger partial charge in [0.25, 0.3) is 0 Å². The molecule has 0 saturated heterocycles. The summed E-state index contributed by atoms with van der Waals surface area (Å²) in [5, 5.41) is 16.1. The van der Waals surface area contributed by atoms with E-state index in [9.17, 15) is 9.59 Å². The molecule has 0 aliphatic heterocycles. The smallest absolute Gasteiger partial charge is 0.417 e. The molecule has 0 heterocycles. The van der Waals surface area contributed by atoms with Crippen molar-refractivity contribution in [2.45, 2.75) is 6.42 Å². The van der Waals surface area contributed by atoms with Gasteiger partial charge in [0.05, 0.1) is 6.61 Å². The lowest BCUT2D eigenvalue weighted by atomic mass is 10.5. The van der Waals surface area contributed by atoms with Gasteiger partial charge in [0.2, 0.25) is 0 Å². The van der Waals surface area contributed by atoms with Gasteiger partial charge < -0.3 is 14.9 Å². The first-order valence-corrected chi connectivity index (χ1v) is 2.69. The number of esters is 1. The van der Waals surface area contributed by atoms with Gasteiger partial charge in [-0.15, -0.1) is 0 Å². The first-order chi connectivity index (χ1) is 4.68. The Labute approximate surface area is 57.2 Å². The maximum atomic E-state index is 10.1. The second-order valence-electron chi connectivity index (χ2n) is 1.52. The number of rotatable bonds is 3. The predicted octanol–water partition coefficient (Wildman–Crippen LogP) is -1.00. The third-order valence-corrected chi connectivity index (χ3v) is 0.710. The van der Waals surface area contributed by atoms with Crippen molar-refractivity contribution in [3.63, 3.8) is 0 Å². The normalized spacial score (nSPS) is 8.90. The highest BCUT2D eigenvalue weighted by molar-refractivity contribution is 6.28. The topological polar surface area (TPSA) is 83.8 Å². The van der Waals surface area contributed by atoms with E-state index in [4.69, 9.17) is 10.2 Å². The lowest BCUT2D eigenvalue weighted by molar-refractivity contribution is -0.164. The average molecular weight is 148 g/mol. The van der Waals surface area contributed by atoms with Crippen molar-refractivity contribution in [3.05, 3.63) is 0 Å². The summed E-state index contributed by atoms with van der Waals surface area (Å²) in [7, 11) is 0. The number of hydrogen-bond acceptors (Lipinski definition) is 4.